The van der Waals surface area contributed by atoms with E-state index >= 15 is 0 Å². The third-order valence-electron chi connectivity index (χ3n) is 5.19. The molecule has 0 aliphatic carbocycles. The van der Waals surface area contributed by atoms with Crippen LogP contribution in [0, 0.1) is 6.92 Å². The second-order valence-electron chi connectivity index (χ2n) is 7.37. The standard InChI is InChI=1S/C22H20N6O2/c1-14-5-6-17-16(10-14)20-21(26-17)22(30)28(13-24-20)9-7-19(29)23-11-15-12-27-8-3-2-4-18(27)25-15/h2-6,8,10,12-13,26H,7,9,11H2,1H3,(H,23,29). The highest BCUT2D eigenvalue weighted by atomic mass is 16.2. The fourth-order valence-corrected chi connectivity index (χ4v) is 3.64. The number of benzene rings is 1. The van der Waals surface area contributed by atoms with Crippen LogP contribution >= 0.6 is 0 Å². The van der Waals surface area contributed by atoms with E-state index in [9.17, 15) is 9.59 Å². The van der Waals surface area contributed by atoms with Gasteiger partial charge >= 0.3 is 0 Å². The van der Waals surface area contributed by atoms with Crippen molar-refractivity contribution < 1.29 is 4.79 Å². The summed E-state index contributed by atoms with van der Waals surface area (Å²) in [4.78, 5) is 37.2. The number of carbonyl (C=O) groups is 1. The van der Waals surface area contributed by atoms with Crippen molar-refractivity contribution in [2.45, 2.75) is 26.4 Å². The van der Waals surface area contributed by atoms with Gasteiger partial charge in [0.05, 0.1) is 18.6 Å². The molecule has 0 aliphatic heterocycles. The van der Waals surface area contributed by atoms with E-state index in [4.69, 9.17) is 0 Å². The van der Waals surface area contributed by atoms with Crippen LogP contribution in [0.5, 0.6) is 0 Å². The molecule has 0 unspecified atom stereocenters. The van der Waals surface area contributed by atoms with Gasteiger partial charge in [-0.3, -0.25) is 14.2 Å². The maximum Gasteiger partial charge on any atom is 0.277 e. The van der Waals surface area contributed by atoms with E-state index < -0.39 is 0 Å². The lowest BCUT2D eigenvalue weighted by Crippen LogP contribution is -2.27. The largest absolute Gasteiger partial charge is 0.350 e. The molecule has 0 radical (unpaired) electrons. The molecule has 0 saturated heterocycles. The van der Waals surface area contributed by atoms with Crippen LogP contribution < -0.4 is 10.9 Å². The quantitative estimate of drug-likeness (QED) is 0.474. The van der Waals surface area contributed by atoms with Gasteiger partial charge in [0.25, 0.3) is 5.56 Å². The maximum absolute atomic E-state index is 12.8. The van der Waals surface area contributed by atoms with E-state index in [2.05, 4.69) is 20.3 Å². The van der Waals surface area contributed by atoms with E-state index in [0.717, 1.165) is 27.8 Å². The summed E-state index contributed by atoms with van der Waals surface area (Å²) in [6, 6.07) is 11.7. The number of fused-ring (bicyclic) bond motifs is 4. The van der Waals surface area contributed by atoms with Gasteiger partial charge in [0.2, 0.25) is 5.91 Å². The molecule has 5 rings (SSSR count). The zero-order valence-corrected chi connectivity index (χ0v) is 16.4. The fourth-order valence-electron chi connectivity index (χ4n) is 3.64. The summed E-state index contributed by atoms with van der Waals surface area (Å²) < 4.78 is 3.37. The first kappa shape index (κ1) is 18.1. The SMILES string of the molecule is Cc1ccc2[nH]c3c(=O)n(CCC(=O)NCc4cn5ccccc5n4)cnc3c2c1. The first-order valence-electron chi connectivity index (χ1n) is 9.75. The van der Waals surface area contributed by atoms with Gasteiger partial charge in [-0.15, -0.1) is 0 Å². The molecule has 5 aromatic rings. The highest BCUT2D eigenvalue weighted by Gasteiger charge is 2.12. The zero-order chi connectivity index (χ0) is 20.7. The van der Waals surface area contributed by atoms with Crippen LogP contribution in [-0.2, 0) is 17.9 Å². The lowest BCUT2D eigenvalue weighted by atomic mass is 10.2. The van der Waals surface area contributed by atoms with Crippen molar-refractivity contribution in [3.8, 4) is 0 Å². The number of pyridine rings is 1. The van der Waals surface area contributed by atoms with Gasteiger partial charge in [-0.2, -0.15) is 0 Å². The Balaban J connectivity index is 1.28. The Morgan fingerprint density at radius 1 is 1.23 bits per heavy atom. The van der Waals surface area contributed by atoms with Gasteiger partial charge in [0, 0.05) is 36.3 Å². The van der Waals surface area contributed by atoms with Crippen molar-refractivity contribution in [2.75, 3.05) is 0 Å². The van der Waals surface area contributed by atoms with Crippen molar-refractivity contribution in [3.63, 3.8) is 0 Å². The number of nitrogens with zero attached hydrogens (tertiary/aromatic N) is 4. The molecule has 0 saturated carbocycles. The molecule has 2 N–H and O–H groups in total. The first-order valence-corrected chi connectivity index (χ1v) is 9.75. The Morgan fingerprint density at radius 2 is 2.13 bits per heavy atom. The summed E-state index contributed by atoms with van der Waals surface area (Å²) in [5.74, 6) is -0.147. The Morgan fingerprint density at radius 3 is 3.00 bits per heavy atom. The van der Waals surface area contributed by atoms with Crippen LogP contribution in [0.15, 0.2) is 59.9 Å². The van der Waals surface area contributed by atoms with E-state index in [1.165, 1.54) is 10.9 Å². The Labute approximate surface area is 171 Å². The number of amides is 1. The van der Waals surface area contributed by atoms with E-state index in [0.29, 0.717) is 17.6 Å². The Bertz CT molecular complexity index is 1430. The number of carbonyl (C=O) groups excluding carboxylic acids is 1. The van der Waals surface area contributed by atoms with Crippen LogP contribution in [0.2, 0.25) is 0 Å². The number of H-pyrrole nitrogens is 1. The molecule has 30 heavy (non-hydrogen) atoms. The topological polar surface area (TPSA) is 97.1 Å². The summed E-state index contributed by atoms with van der Waals surface area (Å²) in [6.45, 7) is 2.60. The molecular formula is C22H20N6O2. The minimum Gasteiger partial charge on any atom is -0.350 e. The molecule has 0 spiro atoms. The van der Waals surface area contributed by atoms with Gasteiger partial charge in [-0.05, 0) is 31.2 Å². The van der Waals surface area contributed by atoms with Crippen molar-refractivity contribution in [2.24, 2.45) is 0 Å². The van der Waals surface area contributed by atoms with Crippen molar-refractivity contribution >= 4 is 33.5 Å². The molecular weight excluding hydrogens is 380 g/mol. The summed E-state index contributed by atoms with van der Waals surface area (Å²) in [6.07, 6.45) is 5.49. The molecule has 8 nitrogen and oxygen atoms in total. The number of aryl methyl sites for hydroxylation is 2. The van der Waals surface area contributed by atoms with Crippen molar-refractivity contribution in [3.05, 3.63) is 76.7 Å². The minimum absolute atomic E-state index is 0.147. The second kappa shape index (κ2) is 7.14. The molecule has 1 amide bonds. The summed E-state index contributed by atoms with van der Waals surface area (Å²) in [5, 5.41) is 3.79. The van der Waals surface area contributed by atoms with E-state index in [-0.39, 0.29) is 24.4 Å². The average molecular weight is 400 g/mol. The van der Waals surface area contributed by atoms with Crippen LogP contribution in [0.1, 0.15) is 17.7 Å². The fraction of sp³-hybridized carbons (Fsp3) is 0.182. The average Bonchev–Trinajstić information content (AvgIpc) is 3.33. The zero-order valence-electron chi connectivity index (χ0n) is 16.4. The molecule has 0 aliphatic rings. The molecule has 150 valence electrons. The molecule has 4 aromatic heterocycles. The lowest BCUT2D eigenvalue weighted by Gasteiger charge is -2.06. The Kier molecular flexibility index (Phi) is 4.31. The lowest BCUT2D eigenvalue weighted by molar-refractivity contribution is -0.121. The predicted molar refractivity (Wildman–Crippen MR) is 114 cm³/mol. The van der Waals surface area contributed by atoms with Gasteiger partial charge in [0.1, 0.15) is 16.7 Å². The Hall–Kier alpha value is -3.94. The van der Waals surface area contributed by atoms with Crippen molar-refractivity contribution in [1.29, 1.82) is 0 Å². The highest BCUT2D eigenvalue weighted by molar-refractivity contribution is 6.04. The van der Waals surface area contributed by atoms with Crippen LogP contribution in [-0.4, -0.2) is 29.8 Å². The number of nitrogens with one attached hydrogen (secondary N) is 2. The molecule has 0 atom stereocenters. The summed E-state index contributed by atoms with van der Waals surface area (Å²) in [7, 11) is 0. The third-order valence-corrected chi connectivity index (χ3v) is 5.19. The normalized spacial score (nSPS) is 11.5. The number of aromatic nitrogens is 5. The van der Waals surface area contributed by atoms with Crippen LogP contribution in [0.4, 0.5) is 0 Å². The monoisotopic (exact) mass is 400 g/mol. The first-order chi connectivity index (χ1) is 14.6. The molecule has 8 heteroatoms. The molecule has 1 aromatic carbocycles. The molecule has 0 fully saturated rings. The number of aromatic amines is 1. The third kappa shape index (κ3) is 3.22. The predicted octanol–water partition coefficient (Wildman–Crippen LogP) is 2.54. The number of hydrogen-bond donors (Lipinski definition) is 2. The van der Waals surface area contributed by atoms with Gasteiger partial charge in [-0.1, -0.05) is 17.7 Å². The van der Waals surface area contributed by atoms with E-state index in [1.807, 2.05) is 60.1 Å². The van der Waals surface area contributed by atoms with E-state index in [1.54, 1.807) is 0 Å². The van der Waals surface area contributed by atoms with Crippen LogP contribution in [0.25, 0.3) is 27.6 Å². The van der Waals surface area contributed by atoms with Gasteiger partial charge in [0.15, 0.2) is 0 Å². The highest BCUT2D eigenvalue weighted by Crippen LogP contribution is 2.22. The summed E-state index contributed by atoms with van der Waals surface area (Å²) in [5.41, 5.74) is 4.54. The number of rotatable bonds is 5. The number of hydrogen-bond acceptors (Lipinski definition) is 4. The second-order valence-corrected chi connectivity index (χ2v) is 7.37. The summed E-state index contributed by atoms with van der Waals surface area (Å²) >= 11 is 0. The smallest absolute Gasteiger partial charge is 0.277 e. The molecule has 0 bridgehead atoms. The van der Waals surface area contributed by atoms with Gasteiger partial charge < -0.3 is 14.7 Å². The minimum atomic E-state index is -0.179. The van der Waals surface area contributed by atoms with Crippen molar-refractivity contribution in [1.82, 2.24) is 29.2 Å². The maximum atomic E-state index is 12.8. The number of imidazole rings is 1. The van der Waals surface area contributed by atoms with Crippen LogP contribution in [0.3, 0.4) is 0 Å². The molecule has 4 heterocycles. The van der Waals surface area contributed by atoms with Gasteiger partial charge in [-0.25, -0.2) is 9.97 Å².